The number of urea groups is 1. The summed E-state index contributed by atoms with van der Waals surface area (Å²) in [5, 5.41) is 9.00. The maximum atomic E-state index is 12.3. The first-order valence-electron chi connectivity index (χ1n) is 5.88. The van der Waals surface area contributed by atoms with Crippen LogP contribution in [-0.2, 0) is 4.79 Å². The third kappa shape index (κ3) is 3.10. The molecular formula is C12H18N2O3S. The molecule has 1 saturated heterocycles. The molecule has 6 heteroatoms. The zero-order valence-electron chi connectivity index (χ0n) is 10.6. The molecule has 0 saturated carbocycles. The molecule has 1 N–H and O–H groups in total. The van der Waals surface area contributed by atoms with Crippen molar-refractivity contribution in [2.45, 2.75) is 31.7 Å². The first kappa shape index (κ1) is 14.7. The number of carboxylic acids is 1. The quantitative estimate of drug-likeness (QED) is 0.782. The molecule has 0 aliphatic carbocycles. The van der Waals surface area contributed by atoms with Crippen LogP contribution in [0.15, 0.2) is 0 Å². The number of hydrogen-bond donors (Lipinski definition) is 1. The number of carbonyl (C=O) groups is 2. The van der Waals surface area contributed by atoms with E-state index in [1.807, 2.05) is 13.8 Å². The minimum Gasteiger partial charge on any atom is -0.480 e. The van der Waals surface area contributed by atoms with Gasteiger partial charge in [-0.15, -0.1) is 18.2 Å². The largest absolute Gasteiger partial charge is 0.480 e. The predicted molar refractivity (Wildman–Crippen MR) is 71.3 cm³/mol. The van der Waals surface area contributed by atoms with Crippen LogP contribution < -0.4 is 0 Å². The van der Waals surface area contributed by atoms with E-state index in [1.54, 1.807) is 0 Å². The van der Waals surface area contributed by atoms with Crippen LogP contribution >= 0.6 is 11.8 Å². The fourth-order valence-corrected chi connectivity index (χ4v) is 3.07. The average molecular weight is 270 g/mol. The Balaban J connectivity index is 2.84. The number of thioether (sulfide) groups is 1. The molecule has 0 aromatic carbocycles. The highest BCUT2D eigenvalue weighted by atomic mass is 32.2. The number of hydrogen-bond acceptors (Lipinski definition) is 3. The van der Waals surface area contributed by atoms with Gasteiger partial charge >= 0.3 is 12.0 Å². The maximum Gasteiger partial charge on any atom is 0.327 e. The Bertz CT molecular complexity index is 367. The lowest BCUT2D eigenvalue weighted by Gasteiger charge is -2.31. The Morgan fingerprint density at radius 2 is 2.28 bits per heavy atom. The first-order chi connectivity index (χ1) is 8.52. The van der Waals surface area contributed by atoms with Gasteiger partial charge in [-0.05, 0) is 13.3 Å². The van der Waals surface area contributed by atoms with Crippen molar-refractivity contribution in [3.63, 3.8) is 0 Å². The van der Waals surface area contributed by atoms with Gasteiger partial charge < -0.3 is 10.0 Å². The lowest BCUT2D eigenvalue weighted by atomic mass is 10.3. The van der Waals surface area contributed by atoms with Gasteiger partial charge in [0.2, 0.25) is 0 Å². The number of carbonyl (C=O) groups excluding carboxylic acids is 1. The summed E-state index contributed by atoms with van der Waals surface area (Å²) >= 11 is 1.47. The third-order valence-corrected chi connectivity index (χ3v) is 3.99. The van der Waals surface area contributed by atoms with Gasteiger partial charge in [-0.2, -0.15) is 0 Å². The molecule has 0 spiro atoms. The van der Waals surface area contributed by atoms with Gasteiger partial charge in [0.15, 0.2) is 0 Å². The second-order valence-corrected chi connectivity index (χ2v) is 5.45. The van der Waals surface area contributed by atoms with Gasteiger partial charge in [0.25, 0.3) is 0 Å². The fourth-order valence-electron chi connectivity index (χ4n) is 1.91. The Hall–Kier alpha value is -1.35. The normalized spacial score (nSPS) is 22.6. The van der Waals surface area contributed by atoms with E-state index in [-0.39, 0.29) is 17.9 Å². The van der Waals surface area contributed by atoms with Crippen molar-refractivity contribution in [3.8, 4) is 12.3 Å². The molecule has 0 bridgehead atoms. The monoisotopic (exact) mass is 270 g/mol. The number of nitrogens with zero attached hydrogens (tertiary/aromatic N) is 2. The van der Waals surface area contributed by atoms with E-state index in [4.69, 9.17) is 11.5 Å². The molecule has 2 unspecified atom stereocenters. The van der Waals surface area contributed by atoms with Crippen LogP contribution in [0.1, 0.15) is 20.3 Å². The minimum absolute atomic E-state index is 0.129. The van der Waals surface area contributed by atoms with Gasteiger partial charge in [-0.1, -0.05) is 12.8 Å². The number of carboxylic acid groups (broad SMARTS) is 1. The second kappa shape index (κ2) is 6.55. The summed E-state index contributed by atoms with van der Waals surface area (Å²) in [7, 11) is 0. The molecule has 2 amide bonds. The molecule has 2 atom stereocenters. The Labute approximate surface area is 112 Å². The molecule has 1 aliphatic rings. The Morgan fingerprint density at radius 1 is 1.61 bits per heavy atom. The summed E-state index contributed by atoms with van der Waals surface area (Å²) < 4.78 is 0. The summed E-state index contributed by atoms with van der Waals surface area (Å²) in [4.78, 5) is 26.4. The molecule has 1 fully saturated rings. The molecule has 0 aromatic rings. The number of amides is 2. The summed E-state index contributed by atoms with van der Waals surface area (Å²) in [5.74, 6) is 1.91. The van der Waals surface area contributed by atoms with E-state index >= 15 is 0 Å². The molecule has 1 rings (SSSR count). The molecular weight excluding hydrogens is 252 g/mol. The summed E-state index contributed by atoms with van der Waals surface area (Å²) in [5.41, 5.74) is 0. The molecule has 0 radical (unpaired) electrons. The van der Waals surface area contributed by atoms with Crippen LogP contribution in [0.4, 0.5) is 4.79 Å². The lowest BCUT2D eigenvalue weighted by molar-refractivity contribution is -0.141. The van der Waals surface area contributed by atoms with E-state index in [0.29, 0.717) is 12.3 Å². The van der Waals surface area contributed by atoms with Crippen LogP contribution in [0, 0.1) is 12.3 Å². The molecule has 18 heavy (non-hydrogen) atoms. The van der Waals surface area contributed by atoms with E-state index in [1.165, 1.54) is 21.6 Å². The number of terminal acetylenes is 1. The highest BCUT2D eigenvalue weighted by molar-refractivity contribution is 8.00. The van der Waals surface area contributed by atoms with E-state index < -0.39 is 12.0 Å². The summed E-state index contributed by atoms with van der Waals surface area (Å²) in [6.07, 6.45) is 6.03. The van der Waals surface area contributed by atoms with Crippen molar-refractivity contribution in [1.82, 2.24) is 9.80 Å². The first-order valence-corrected chi connectivity index (χ1v) is 6.92. The maximum absolute atomic E-state index is 12.3. The van der Waals surface area contributed by atoms with Gasteiger partial charge in [0.1, 0.15) is 6.04 Å². The SMILES string of the molecule is C#CCN(CCC)C(=O)N1C(C)SCC1C(=O)O. The van der Waals surface area contributed by atoms with Crippen LogP contribution in [0.5, 0.6) is 0 Å². The van der Waals surface area contributed by atoms with Crippen molar-refractivity contribution < 1.29 is 14.7 Å². The predicted octanol–water partition coefficient (Wildman–Crippen LogP) is 1.30. The Kier molecular flexibility index (Phi) is 5.35. The fraction of sp³-hybridized carbons (Fsp3) is 0.667. The van der Waals surface area contributed by atoms with E-state index in [2.05, 4.69) is 5.92 Å². The summed E-state index contributed by atoms with van der Waals surface area (Å²) in [6.45, 7) is 4.55. The average Bonchev–Trinajstić information content (AvgIpc) is 2.70. The van der Waals surface area contributed by atoms with Crippen LogP contribution in [-0.4, -0.2) is 57.2 Å². The number of aliphatic carboxylic acids is 1. The molecule has 0 aromatic heterocycles. The zero-order chi connectivity index (χ0) is 13.7. The molecule has 5 nitrogen and oxygen atoms in total. The van der Waals surface area contributed by atoms with Crippen molar-refractivity contribution in [1.29, 1.82) is 0 Å². The van der Waals surface area contributed by atoms with Gasteiger partial charge in [0.05, 0.1) is 11.9 Å². The molecule has 1 aliphatic heterocycles. The van der Waals surface area contributed by atoms with Crippen molar-refractivity contribution >= 4 is 23.8 Å². The van der Waals surface area contributed by atoms with Gasteiger partial charge in [-0.3, -0.25) is 4.90 Å². The van der Waals surface area contributed by atoms with Crippen molar-refractivity contribution in [3.05, 3.63) is 0 Å². The van der Waals surface area contributed by atoms with Gasteiger partial charge in [-0.25, -0.2) is 9.59 Å². The highest BCUT2D eigenvalue weighted by Crippen LogP contribution is 2.29. The molecule has 100 valence electrons. The summed E-state index contributed by atoms with van der Waals surface area (Å²) in [6, 6.07) is -1.03. The standard InChI is InChI=1S/C12H18N2O3S/c1-4-6-13(7-5-2)12(17)14-9(3)18-8-10(14)11(15)16/h1,9-10H,5-8H2,2-3H3,(H,15,16). The van der Waals surface area contributed by atoms with Crippen molar-refractivity contribution in [2.24, 2.45) is 0 Å². The van der Waals surface area contributed by atoms with Crippen LogP contribution in [0.3, 0.4) is 0 Å². The third-order valence-electron chi connectivity index (χ3n) is 2.77. The van der Waals surface area contributed by atoms with Crippen molar-refractivity contribution in [2.75, 3.05) is 18.8 Å². The van der Waals surface area contributed by atoms with E-state index in [0.717, 1.165) is 6.42 Å². The topological polar surface area (TPSA) is 60.9 Å². The highest BCUT2D eigenvalue weighted by Gasteiger charge is 2.40. The molecule has 1 heterocycles. The van der Waals surface area contributed by atoms with Gasteiger partial charge in [0, 0.05) is 12.3 Å². The van der Waals surface area contributed by atoms with Crippen LogP contribution in [0.25, 0.3) is 0 Å². The van der Waals surface area contributed by atoms with Crippen LogP contribution in [0.2, 0.25) is 0 Å². The number of rotatable bonds is 4. The minimum atomic E-state index is -0.961. The van der Waals surface area contributed by atoms with E-state index in [9.17, 15) is 9.59 Å². The zero-order valence-corrected chi connectivity index (χ0v) is 11.4. The smallest absolute Gasteiger partial charge is 0.327 e. The second-order valence-electron chi connectivity index (χ2n) is 4.10. The Morgan fingerprint density at radius 3 is 2.78 bits per heavy atom. The lowest BCUT2D eigenvalue weighted by Crippen LogP contribution is -2.51.